The molecule has 0 radical (unpaired) electrons. The maximum Gasteiger partial charge on any atom is 0.335 e. The highest BCUT2D eigenvalue weighted by molar-refractivity contribution is 6.31. The molecule has 1 aromatic rings. The summed E-state index contributed by atoms with van der Waals surface area (Å²) < 4.78 is 0. The summed E-state index contributed by atoms with van der Waals surface area (Å²) in [5, 5.41) is 8.24. The number of amides is 2. The van der Waals surface area contributed by atoms with Gasteiger partial charge >= 0.3 is 6.03 Å². The molecule has 0 spiro atoms. The van der Waals surface area contributed by atoms with E-state index in [0.29, 0.717) is 22.0 Å². The molecule has 8 heteroatoms. The van der Waals surface area contributed by atoms with Crippen molar-refractivity contribution in [3.8, 4) is 0 Å². The number of hydrogen-bond donors (Lipinski definition) is 3. The number of rotatable bonds is 5. The maximum atomic E-state index is 11.7. The van der Waals surface area contributed by atoms with Crippen LogP contribution in [-0.2, 0) is 11.4 Å². The lowest BCUT2D eigenvalue weighted by Crippen LogP contribution is -2.37. The van der Waals surface area contributed by atoms with E-state index < -0.39 is 6.03 Å². The topological polar surface area (TPSA) is 106 Å². The largest absolute Gasteiger partial charge is 0.399 e. The number of nitrogens with two attached hydrogens (primary N) is 2. The van der Waals surface area contributed by atoms with Crippen LogP contribution in [0, 0.1) is 5.92 Å². The summed E-state index contributed by atoms with van der Waals surface area (Å²) in [5.41, 5.74) is 8.47. The first-order chi connectivity index (χ1) is 11.9. The van der Waals surface area contributed by atoms with Gasteiger partial charge in [0.25, 0.3) is 0 Å². The van der Waals surface area contributed by atoms with Gasteiger partial charge in [-0.05, 0) is 31.6 Å². The number of allylic oxidation sites excluding steroid dienone is 3. The fourth-order valence-electron chi connectivity index (χ4n) is 2.29. The predicted octanol–water partition coefficient (Wildman–Crippen LogP) is 2.99. The first kappa shape index (κ1) is 18.8. The highest BCUT2D eigenvalue weighted by atomic mass is 35.5. The van der Waals surface area contributed by atoms with Crippen molar-refractivity contribution in [2.45, 2.75) is 20.0 Å². The number of nitrogens with zero attached hydrogens (tertiary/aromatic N) is 2. The summed E-state index contributed by atoms with van der Waals surface area (Å²) in [6.07, 6.45) is 6.65. The summed E-state index contributed by atoms with van der Waals surface area (Å²) >= 11 is 6.22. The number of anilines is 1. The molecular weight excluding hydrogens is 342 g/mol. The van der Waals surface area contributed by atoms with Crippen LogP contribution in [0.1, 0.15) is 18.9 Å². The number of oxime groups is 1. The van der Waals surface area contributed by atoms with Crippen molar-refractivity contribution in [1.82, 2.24) is 5.01 Å². The SMILES string of the molecule is C/C(=N/OCc1c(Cl)cccc1NC(=O)N(C)N)[C@@H]1C=C(N)C=CC1. The quantitative estimate of drug-likeness (QED) is 0.323. The van der Waals surface area contributed by atoms with Crippen molar-refractivity contribution in [3.63, 3.8) is 0 Å². The van der Waals surface area contributed by atoms with E-state index in [9.17, 15) is 4.79 Å². The van der Waals surface area contributed by atoms with Gasteiger partial charge in [-0.1, -0.05) is 35.0 Å². The molecule has 0 fully saturated rings. The second-order valence-electron chi connectivity index (χ2n) is 5.72. The van der Waals surface area contributed by atoms with Crippen molar-refractivity contribution in [2.24, 2.45) is 22.6 Å². The molecule has 0 saturated carbocycles. The Labute approximate surface area is 151 Å². The van der Waals surface area contributed by atoms with Gasteiger partial charge in [0.2, 0.25) is 0 Å². The van der Waals surface area contributed by atoms with Crippen molar-refractivity contribution in [1.29, 1.82) is 0 Å². The van der Waals surface area contributed by atoms with Crippen LogP contribution < -0.4 is 16.9 Å². The maximum absolute atomic E-state index is 11.7. The molecule has 1 atom stereocenters. The van der Waals surface area contributed by atoms with Gasteiger partial charge < -0.3 is 15.9 Å². The summed E-state index contributed by atoms with van der Waals surface area (Å²) in [6.45, 7) is 1.99. The molecule has 25 heavy (non-hydrogen) atoms. The third-order valence-electron chi connectivity index (χ3n) is 3.73. The highest BCUT2D eigenvalue weighted by Gasteiger charge is 2.14. The molecule has 1 aliphatic rings. The molecule has 7 nitrogen and oxygen atoms in total. The number of hydrogen-bond acceptors (Lipinski definition) is 5. The van der Waals surface area contributed by atoms with Gasteiger partial charge in [0.1, 0.15) is 6.61 Å². The lowest BCUT2D eigenvalue weighted by Gasteiger charge is -2.16. The smallest absolute Gasteiger partial charge is 0.335 e. The molecule has 1 aromatic carbocycles. The Hall–Kier alpha value is -2.51. The number of halogens is 1. The third kappa shape index (κ3) is 5.23. The van der Waals surface area contributed by atoms with E-state index in [4.69, 9.17) is 28.0 Å². The Morgan fingerprint density at radius 2 is 2.28 bits per heavy atom. The molecule has 2 amide bonds. The molecule has 0 bridgehead atoms. The van der Waals surface area contributed by atoms with Crippen LogP contribution in [0.5, 0.6) is 0 Å². The van der Waals surface area contributed by atoms with Crippen LogP contribution in [0.25, 0.3) is 0 Å². The Morgan fingerprint density at radius 1 is 1.52 bits per heavy atom. The number of urea groups is 1. The number of carbonyl (C=O) groups is 1. The molecule has 0 aliphatic heterocycles. The van der Waals surface area contributed by atoms with E-state index >= 15 is 0 Å². The van der Waals surface area contributed by atoms with Gasteiger partial charge in [-0.15, -0.1) is 0 Å². The standard InChI is InChI=1S/C17H22ClN5O2/c1-11(12-5-3-6-13(19)9-12)22-25-10-14-15(18)7-4-8-16(14)21-17(24)23(2)20/h3-4,6-9,12H,5,10,19-20H2,1-2H3,(H,21,24)/b22-11-/t12-/m0/s1. The lowest BCUT2D eigenvalue weighted by atomic mass is 9.95. The summed E-state index contributed by atoms with van der Waals surface area (Å²) in [7, 11) is 1.45. The fraction of sp³-hybridized carbons (Fsp3) is 0.294. The van der Waals surface area contributed by atoms with Crippen LogP contribution in [0.4, 0.5) is 10.5 Å². The molecule has 0 saturated heterocycles. The average molecular weight is 364 g/mol. The Morgan fingerprint density at radius 3 is 2.96 bits per heavy atom. The van der Waals surface area contributed by atoms with Crippen LogP contribution in [-0.4, -0.2) is 23.8 Å². The van der Waals surface area contributed by atoms with Gasteiger partial charge in [0, 0.05) is 29.2 Å². The molecule has 5 N–H and O–H groups in total. The van der Waals surface area contributed by atoms with Gasteiger partial charge in [-0.3, -0.25) is 5.01 Å². The number of nitrogens with one attached hydrogen (secondary N) is 1. The zero-order valence-electron chi connectivity index (χ0n) is 14.2. The molecule has 1 aliphatic carbocycles. The molecule has 0 heterocycles. The fourth-order valence-corrected chi connectivity index (χ4v) is 2.52. The van der Waals surface area contributed by atoms with Gasteiger partial charge in [-0.2, -0.15) is 0 Å². The van der Waals surface area contributed by atoms with E-state index in [-0.39, 0.29) is 12.5 Å². The van der Waals surface area contributed by atoms with Crippen LogP contribution in [0.2, 0.25) is 5.02 Å². The van der Waals surface area contributed by atoms with E-state index in [0.717, 1.165) is 17.1 Å². The highest BCUT2D eigenvalue weighted by Crippen LogP contribution is 2.26. The Kier molecular flexibility index (Phi) is 6.44. The minimum absolute atomic E-state index is 0.112. The van der Waals surface area contributed by atoms with Crippen molar-refractivity contribution in [3.05, 3.63) is 52.7 Å². The number of hydrazine groups is 1. The third-order valence-corrected chi connectivity index (χ3v) is 4.08. The number of carbonyl (C=O) groups excluding carboxylic acids is 1. The van der Waals surface area contributed by atoms with Crippen LogP contribution in [0.15, 0.2) is 47.3 Å². The van der Waals surface area contributed by atoms with E-state index in [1.807, 2.05) is 25.2 Å². The van der Waals surface area contributed by atoms with Gasteiger partial charge in [-0.25, -0.2) is 10.6 Å². The molecular formula is C17H22ClN5O2. The normalized spacial score (nSPS) is 17.0. The van der Waals surface area contributed by atoms with Crippen molar-refractivity contribution < 1.29 is 9.63 Å². The molecule has 134 valence electrons. The van der Waals surface area contributed by atoms with E-state index in [1.54, 1.807) is 18.2 Å². The molecule has 0 aromatic heterocycles. The zero-order chi connectivity index (χ0) is 18.4. The lowest BCUT2D eigenvalue weighted by molar-refractivity contribution is 0.129. The summed E-state index contributed by atoms with van der Waals surface area (Å²) in [5.74, 6) is 5.53. The van der Waals surface area contributed by atoms with Gasteiger partial charge in [0.05, 0.1) is 11.4 Å². The van der Waals surface area contributed by atoms with E-state index in [1.165, 1.54) is 7.05 Å². The molecule has 0 unspecified atom stereocenters. The Bertz CT molecular complexity index is 728. The minimum Gasteiger partial charge on any atom is -0.399 e. The average Bonchev–Trinajstić information content (AvgIpc) is 2.57. The first-order valence-corrected chi connectivity index (χ1v) is 8.13. The van der Waals surface area contributed by atoms with Crippen molar-refractivity contribution in [2.75, 3.05) is 12.4 Å². The number of benzene rings is 1. The van der Waals surface area contributed by atoms with Crippen LogP contribution in [0.3, 0.4) is 0 Å². The minimum atomic E-state index is -0.460. The van der Waals surface area contributed by atoms with Crippen molar-refractivity contribution >= 4 is 29.0 Å². The van der Waals surface area contributed by atoms with Gasteiger partial charge in [0.15, 0.2) is 0 Å². The zero-order valence-corrected chi connectivity index (χ0v) is 15.0. The Balaban J connectivity index is 2.06. The van der Waals surface area contributed by atoms with Crippen LogP contribution >= 0.6 is 11.6 Å². The van der Waals surface area contributed by atoms with E-state index in [2.05, 4.69) is 10.5 Å². The monoisotopic (exact) mass is 363 g/mol. The predicted molar refractivity (Wildman–Crippen MR) is 99.8 cm³/mol. The first-order valence-electron chi connectivity index (χ1n) is 7.75. The second kappa shape index (κ2) is 8.55. The second-order valence-corrected chi connectivity index (χ2v) is 6.13. The summed E-state index contributed by atoms with van der Waals surface area (Å²) in [4.78, 5) is 17.2. The summed E-state index contributed by atoms with van der Waals surface area (Å²) in [6, 6.07) is 4.71. The molecule has 2 rings (SSSR count).